The number of carbonyl (C=O) groups is 2. The molecule has 1 atom stereocenters. The van der Waals surface area contributed by atoms with Crippen LogP contribution in [0.25, 0.3) is 0 Å². The normalized spacial score (nSPS) is 12.5. The van der Waals surface area contributed by atoms with E-state index >= 15 is 0 Å². The number of rotatable bonds is 6. The number of nitrogens with one attached hydrogen (secondary N) is 2. The summed E-state index contributed by atoms with van der Waals surface area (Å²) in [5.74, 6) is -1.38. The van der Waals surface area contributed by atoms with Crippen molar-refractivity contribution < 1.29 is 28.2 Å². The predicted octanol–water partition coefficient (Wildman–Crippen LogP) is -0.709. The zero-order valence-electron chi connectivity index (χ0n) is 10.8. The van der Waals surface area contributed by atoms with Gasteiger partial charge in [-0.1, -0.05) is 6.07 Å². The van der Waals surface area contributed by atoms with E-state index in [9.17, 15) is 18.0 Å². The number of aliphatic carboxylic acids is 1. The van der Waals surface area contributed by atoms with Gasteiger partial charge in [-0.2, -0.15) is 0 Å². The lowest BCUT2D eigenvalue weighted by molar-refractivity contribution is -0.146. The first kappa shape index (κ1) is 16.9. The van der Waals surface area contributed by atoms with Gasteiger partial charge in [0, 0.05) is 18.7 Å². The molecule has 6 N–H and O–H groups in total. The molecule has 0 aromatic heterocycles. The van der Waals surface area contributed by atoms with Gasteiger partial charge in [0.05, 0.1) is 4.90 Å². The average molecular weight is 317 g/mol. The Hall–Kier alpha value is -2.17. The van der Waals surface area contributed by atoms with Crippen LogP contribution in [0, 0.1) is 0 Å². The summed E-state index contributed by atoms with van der Waals surface area (Å²) in [4.78, 5) is 21.7. The minimum absolute atomic E-state index is 0.0613. The van der Waals surface area contributed by atoms with Crippen LogP contribution in [0.3, 0.4) is 0 Å². The predicted molar refractivity (Wildman–Crippen MR) is 73.1 cm³/mol. The fourth-order valence-corrected chi connectivity index (χ4v) is 1.93. The summed E-state index contributed by atoms with van der Waals surface area (Å²) in [7, 11) is -3.87. The van der Waals surface area contributed by atoms with E-state index < -0.39 is 28.1 Å². The molecular formula is C11H15N3O6S. The van der Waals surface area contributed by atoms with Crippen LogP contribution >= 0.6 is 0 Å². The lowest BCUT2D eigenvalue weighted by Gasteiger charge is -2.09. The number of urea groups is 1. The van der Waals surface area contributed by atoms with Gasteiger partial charge in [-0.05, 0) is 18.2 Å². The largest absolute Gasteiger partial charge is 0.479 e. The van der Waals surface area contributed by atoms with Crippen molar-refractivity contribution in [2.24, 2.45) is 5.14 Å². The standard InChI is InChI=1S/C11H15N3O6S/c12-21(19,20)8-3-1-2-7(6-8)14-11(18)13-5-4-9(15)10(16)17/h1-3,6,9,15H,4-5H2,(H,16,17)(H2,12,19,20)(H2,13,14,18)/t9-/m0/s1. The van der Waals surface area contributed by atoms with Crippen molar-refractivity contribution in [3.8, 4) is 0 Å². The molecular weight excluding hydrogens is 302 g/mol. The van der Waals surface area contributed by atoms with E-state index in [2.05, 4.69) is 10.6 Å². The molecule has 0 spiro atoms. The minimum Gasteiger partial charge on any atom is -0.479 e. The first-order valence-corrected chi connectivity index (χ1v) is 7.33. The fraction of sp³-hybridized carbons (Fsp3) is 0.273. The number of amides is 2. The first-order chi connectivity index (χ1) is 9.70. The van der Waals surface area contributed by atoms with Crippen LogP contribution in [0.4, 0.5) is 10.5 Å². The number of carboxylic acids is 1. The van der Waals surface area contributed by atoms with Gasteiger partial charge < -0.3 is 20.8 Å². The van der Waals surface area contributed by atoms with Crippen LogP contribution < -0.4 is 15.8 Å². The Morgan fingerprint density at radius 1 is 1.33 bits per heavy atom. The van der Waals surface area contributed by atoms with Crippen molar-refractivity contribution in [3.05, 3.63) is 24.3 Å². The van der Waals surface area contributed by atoms with Crippen molar-refractivity contribution >= 4 is 27.7 Å². The second-order valence-corrected chi connectivity index (χ2v) is 5.66. The van der Waals surface area contributed by atoms with Crippen molar-refractivity contribution in [1.82, 2.24) is 5.32 Å². The highest BCUT2D eigenvalue weighted by Crippen LogP contribution is 2.13. The molecule has 0 saturated heterocycles. The molecule has 0 heterocycles. The van der Waals surface area contributed by atoms with Gasteiger partial charge in [0.2, 0.25) is 10.0 Å². The molecule has 2 amide bonds. The van der Waals surface area contributed by atoms with E-state index in [0.29, 0.717) is 0 Å². The van der Waals surface area contributed by atoms with Gasteiger partial charge in [-0.3, -0.25) is 0 Å². The molecule has 0 fully saturated rings. The summed E-state index contributed by atoms with van der Waals surface area (Å²) < 4.78 is 22.3. The maximum atomic E-state index is 11.5. The van der Waals surface area contributed by atoms with Crippen LogP contribution in [0.5, 0.6) is 0 Å². The van der Waals surface area contributed by atoms with Crippen LogP contribution in [-0.2, 0) is 14.8 Å². The Labute approximate surface area is 120 Å². The summed E-state index contributed by atoms with van der Waals surface area (Å²) in [6.45, 7) is -0.0613. The maximum Gasteiger partial charge on any atom is 0.332 e. The van der Waals surface area contributed by atoms with Gasteiger partial charge in [-0.15, -0.1) is 0 Å². The maximum absolute atomic E-state index is 11.5. The molecule has 1 aromatic carbocycles. The van der Waals surface area contributed by atoms with Gasteiger partial charge in [0.1, 0.15) is 0 Å². The number of hydrogen-bond donors (Lipinski definition) is 5. The summed E-state index contributed by atoms with van der Waals surface area (Å²) in [6, 6.07) is 4.66. The molecule has 1 rings (SSSR count). The van der Waals surface area contributed by atoms with E-state index in [-0.39, 0.29) is 23.5 Å². The number of nitrogens with two attached hydrogens (primary N) is 1. The summed E-state index contributed by atoms with van der Waals surface area (Å²) in [5.41, 5.74) is 0.206. The third-order valence-corrected chi connectivity index (χ3v) is 3.32. The van der Waals surface area contributed by atoms with Crippen molar-refractivity contribution in [2.75, 3.05) is 11.9 Å². The monoisotopic (exact) mass is 317 g/mol. The van der Waals surface area contributed by atoms with Crippen LogP contribution in [-0.4, -0.2) is 43.3 Å². The summed E-state index contributed by atoms with van der Waals surface area (Å²) in [6.07, 6.45) is -1.71. The number of carbonyl (C=O) groups excluding carboxylic acids is 1. The summed E-state index contributed by atoms with van der Waals surface area (Å²) >= 11 is 0. The molecule has 0 radical (unpaired) electrons. The van der Waals surface area contributed by atoms with E-state index in [4.69, 9.17) is 15.4 Å². The Kier molecular flexibility index (Phi) is 5.64. The zero-order valence-corrected chi connectivity index (χ0v) is 11.6. The quantitative estimate of drug-likeness (QED) is 0.466. The molecule has 0 aliphatic heterocycles. The lowest BCUT2D eigenvalue weighted by Crippen LogP contribution is -2.33. The molecule has 0 unspecified atom stereocenters. The Morgan fingerprint density at radius 3 is 2.57 bits per heavy atom. The van der Waals surface area contributed by atoms with Gasteiger partial charge in [0.25, 0.3) is 0 Å². The highest BCUT2D eigenvalue weighted by molar-refractivity contribution is 7.89. The van der Waals surface area contributed by atoms with Crippen LogP contribution in [0.15, 0.2) is 29.2 Å². The molecule has 21 heavy (non-hydrogen) atoms. The van der Waals surface area contributed by atoms with E-state index in [1.54, 1.807) is 0 Å². The highest BCUT2D eigenvalue weighted by atomic mass is 32.2. The van der Waals surface area contributed by atoms with Crippen LogP contribution in [0.2, 0.25) is 0 Å². The van der Waals surface area contributed by atoms with E-state index in [1.165, 1.54) is 24.3 Å². The zero-order chi connectivity index (χ0) is 16.0. The Bertz CT molecular complexity index is 631. The molecule has 0 saturated carbocycles. The summed E-state index contributed by atoms with van der Waals surface area (Å²) in [5, 5.41) is 27.1. The second kappa shape index (κ2) is 7.02. The number of benzene rings is 1. The number of aliphatic hydroxyl groups is 1. The lowest BCUT2D eigenvalue weighted by atomic mass is 10.2. The minimum atomic E-state index is -3.87. The van der Waals surface area contributed by atoms with E-state index in [1.807, 2.05) is 0 Å². The molecule has 9 nitrogen and oxygen atoms in total. The third kappa shape index (κ3) is 5.77. The van der Waals surface area contributed by atoms with Crippen molar-refractivity contribution in [2.45, 2.75) is 17.4 Å². The molecule has 0 bridgehead atoms. The fourth-order valence-electron chi connectivity index (χ4n) is 1.37. The van der Waals surface area contributed by atoms with Crippen molar-refractivity contribution in [1.29, 1.82) is 0 Å². The number of aliphatic hydroxyl groups excluding tert-OH is 1. The molecule has 0 aliphatic carbocycles. The molecule has 116 valence electrons. The Balaban J connectivity index is 2.54. The first-order valence-electron chi connectivity index (χ1n) is 5.79. The smallest absolute Gasteiger partial charge is 0.332 e. The molecule has 0 aliphatic rings. The van der Waals surface area contributed by atoms with Gasteiger partial charge >= 0.3 is 12.0 Å². The molecule has 1 aromatic rings. The average Bonchev–Trinajstić information content (AvgIpc) is 2.37. The number of anilines is 1. The third-order valence-electron chi connectivity index (χ3n) is 2.41. The van der Waals surface area contributed by atoms with Crippen LogP contribution in [0.1, 0.15) is 6.42 Å². The topological polar surface area (TPSA) is 159 Å². The van der Waals surface area contributed by atoms with Gasteiger partial charge in [-0.25, -0.2) is 23.1 Å². The number of primary sulfonamides is 1. The second-order valence-electron chi connectivity index (χ2n) is 4.10. The number of hydrogen-bond acceptors (Lipinski definition) is 5. The number of carboxylic acid groups (broad SMARTS) is 1. The SMILES string of the molecule is NS(=O)(=O)c1cccc(NC(=O)NCC[C@H](O)C(=O)O)c1. The number of sulfonamides is 1. The molecule has 10 heteroatoms. The Morgan fingerprint density at radius 2 is 2.00 bits per heavy atom. The van der Waals surface area contributed by atoms with Crippen molar-refractivity contribution in [3.63, 3.8) is 0 Å². The highest BCUT2D eigenvalue weighted by Gasteiger charge is 2.13. The van der Waals surface area contributed by atoms with E-state index in [0.717, 1.165) is 0 Å². The van der Waals surface area contributed by atoms with Gasteiger partial charge in [0.15, 0.2) is 6.10 Å².